The minimum absolute atomic E-state index is 0.150. The van der Waals surface area contributed by atoms with Crippen LogP contribution in [-0.4, -0.2) is 56.7 Å². The molecule has 0 bridgehead atoms. The Morgan fingerprint density at radius 3 is 2.19 bits per heavy atom. The summed E-state index contributed by atoms with van der Waals surface area (Å²) in [6.45, 7) is 1.78. The van der Waals surface area contributed by atoms with E-state index in [4.69, 9.17) is 4.74 Å². The first-order valence-electron chi connectivity index (χ1n) is 9.44. The van der Waals surface area contributed by atoms with Crippen LogP contribution in [0.4, 0.5) is 23.7 Å². The van der Waals surface area contributed by atoms with E-state index in [0.717, 1.165) is 17.7 Å². The Hall–Kier alpha value is -3.27. The van der Waals surface area contributed by atoms with Gasteiger partial charge in [0.25, 0.3) is 0 Å². The molecule has 1 saturated heterocycles. The summed E-state index contributed by atoms with van der Waals surface area (Å²) in [5, 5.41) is 0. The number of halogens is 3. The predicted octanol–water partition coefficient (Wildman–Crippen LogP) is 3.83. The van der Waals surface area contributed by atoms with Gasteiger partial charge in [-0.05, 0) is 42.0 Å². The fraction of sp³-hybridized carbons (Fsp3) is 0.333. The number of methoxy groups -OCH3 is 1. The van der Waals surface area contributed by atoms with E-state index in [1.165, 1.54) is 24.1 Å². The van der Waals surface area contributed by atoms with Gasteiger partial charge in [-0.1, -0.05) is 12.1 Å². The Morgan fingerprint density at radius 2 is 1.65 bits per heavy atom. The van der Waals surface area contributed by atoms with E-state index in [1.54, 1.807) is 29.2 Å². The number of carbonyl (C=O) groups excluding carboxylic acids is 2. The molecule has 0 saturated carbocycles. The van der Waals surface area contributed by atoms with Gasteiger partial charge in [0.05, 0.1) is 32.4 Å². The molecular formula is C21H21F3N2O5. The van der Waals surface area contributed by atoms with Crippen LogP contribution in [0, 0.1) is 0 Å². The van der Waals surface area contributed by atoms with Gasteiger partial charge in [0.2, 0.25) is 0 Å². The number of rotatable bonds is 5. The summed E-state index contributed by atoms with van der Waals surface area (Å²) in [6.07, 6.45) is -4.80. The molecule has 0 N–H and O–H groups in total. The maximum absolute atomic E-state index is 13.1. The molecule has 10 heteroatoms. The number of ether oxygens (including phenoxy) is 3. The third-order valence-electron chi connectivity index (χ3n) is 4.61. The van der Waals surface area contributed by atoms with Crippen molar-refractivity contribution >= 4 is 17.7 Å². The average molecular weight is 438 g/mol. The summed E-state index contributed by atoms with van der Waals surface area (Å²) in [7, 11) is 1.28. The van der Waals surface area contributed by atoms with E-state index >= 15 is 0 Å². The summed E-state index contributed by atoms with van der Waals surface area (Å²) in [4.78, 5) is 27.8. The lowest BCUT2D eigenvalue weighted by Crippen LogP contribution is -2.48. The number of anilines is 1. The first-order valence-corrected chi connectivity index (χ1v) is 9.44. The van der Waals surface area contributed by atoms with Crippen LogP contribution in [-0.2, 0) is 16.0 Å². The van der Waals surface area contributed by atoms with Gasteiger partial charge >= 0.3 is 18.4 Å². The third kappa shape index (κ3) is 6.11. The lowest BCUT2D eigenvalue weighted by molar-refractivity contribution is -0.274. The summed E-state index contributed by atoms with van der Waals surface area (Å²) in [6, 6.07) is 11.3. The van der Waals surface area contributed by atoms with Crippen molar-refractivity contribution in [2.45, 2.75) is 12.9 Å². The predicted molar refractivity (Wildman–Crippen MR) is 105 cm³/mol. The molecule has 0 aliphatic carbocycles. The second kappa shape index (κ2) is 9.69. The lowest BCUT2D eigenvalue weighted by atomic mass is 10.1. The van der Waals surface area contributed by atoms with Gasteiger partial charge in [0, 0.05) is 18.8 Å². The van der Waals surface area contributed by atoms with Crippen molar-refractivity contribution in [2.24, 2.45) is 0 Å². The highest BCUT2D eigenvalue weighted by Crippen LogP contribution is 2.27. The van der Waals surface area contributed by atoms with Crippen molar-refractivity contribution < 1.29 is 37.0 Å². The third-order valence-corrected chi connectivity index (χ3v) is 4.61. The van der Waals surface area contributed by atoms with Crippen molar-refractivity contribution in [3.05, 3.63) is 59.7 Å². The first kappa shape index (κ1) is 22.4. The minimum atomic E-state index is -4.80. The van der Waals surface area contributed by atoms with E-state index in [9.17, 15) is 22.8 Å². The number of nitrogens with zero attached hydrogens (tertiary/aromatic N) is 2. The number of benzene rings is 2. The number of hydrogen-bond acceptors (Lipinski definition) is 5. The standard InChI is InChI=1S/C21H21F3N2O5/c1-29-19(27)16-4-2-15(3-5-16)14-26(20(28)25-10-12-30-13-11-25)17-6-8-18(9-7-17)31-21(22,23)24/h2-9H,10-14H2,1H3. The second-order valence-electron chi connectivity index (χ2n) is 6.70. The largest absolute Gasteiger partial charge is 0.573 e. The van der Waals surface area contributed by atoms with Crippen LogP contribution in [0.2, 0.25) is 0 Å². The van der Waals surface area contributed by atoms with E-state index < -0.39 is 12.3 Å². The van der Waals surface area contributed by atoms with Crippen LogP contribution in [0.25, 0.3) is 0 Å². The number of amides is 2. The van der Waals surface area contributed by atoms with E-state index in [2.05, 4.69) is 9.47 Å². The van der Waals surface area contributed by atoms with Gasteiger partial charge in [-0.2, -0.15) is 0 Å². The molecule has 1 aliphatic rings. The van der Waals surface area contributed by atoms with E-state index in [0.29, 0.717) is 37.6 Å². The molecule has 1 aliphatic heterocycles. The highest BCUT2D eigenvalue weighted by atomic mass is 19.4. The molecule has 166 valence electrons. The molecule has 31 heavy (non-hydrogen) atoms. The van der Waals surface area contributed by atoms with Gasteiger partial charge in [-0.15, -0.1) is 13.2 Å². The van der Waals surface area contributed by atoms with Crippen LogP contribution in [0.3, 0.4) is 0 Å². The molecule has 0 unspecified atom stereocenters. The minimum Gasteiger partial charge on any atom is -0.465 e. The van der Waals surface area contributed by atoms with Crippen LogP contribution in [0.5, 0.6) is 5.75 Å². The Morgan fingerprint density at radius 1 is 1.03 bits per heavy atom. The number of hydrogen-bond donors (Lipinski definition) is 0. The normalized spacial score (nSPS) is 14.1. The van der Waals surface area contributed by atoms with E-state index in [-0.39, 0.29) is 18.3 Å². The molecule has 7 nitrogen and oxygen atoms in total. The zero-order chi connectivity index (χ0) is 22.4. The van der Waals surface area contributed by atoms with Crippen molar-refractivity contribution in [3.63, 3.8) is 0 Å². The fourth-order valence-electron chi connectivity index (χ4n) is 3.07. The molecule has 0 radical (unpaired) electrons. The number of morpholine rings is 1. The maximum Gasteiger partial charge on any atom is 0.573 e. The van der Waals surface area contributed by atoms with Crippen molar-refractivity contribution in [1.82, 2.24) is 4.90 Å². The first-order chi connectivity index (χ1) is 14.8. The molecule has 2 aromatic carbocycles. The summed E-state index contributed by atoms with van der Waals surface area (Å²) < 4.78 is 51.2. The highest BCUT2D eigenvalue weighted by molar-refractivity contribution is 5.92. The van der Waals surface area contributed by atoms with Crippen LogP contribution >= 0.6 is 0 Å². The molecule has 0 atom stereocenters. The van der Waals surface area contributed by atoms with Gasteiger partial charge in [0.1, 0.15) is 5.75 Å². The molecule has 2 aromatic rings. The number of esters is 1. The number of carbonyl (C=O) groups is 2. The molecule has 2 amide bonds. The monoisotopic (exact) mass is 438 g/mol. The van der Waals surface area contributed by atoms with Crippen LogP contribution in [0.1, 0.15) is 15.9 Å². The maximum atomic E-state index is 13.1. The van der Waals surface area contributed by atoms with Crippen LogP contribution in [0.15, 0.2) is 48.5 Å². The molecule has 3 rings (SSSR count). The smallest absolute Gasteiger partial charge is 0.465 e. The zero-order valence-corrected chi connectivity index (χ0v) is 16.7. The molecule has 0 spiro atoms. The van der Waals surface area contributed by atoms with Crippen molar-refractivity contribution in [1.29, 1.82) is 0 Å². The summed E-state index contributed by atoms with van der Waals surface area (Å²) in [5.41, 5.74) is 1.50. The Balaban J connectivity index is 1.84. The molecular weight excluding hydrogens is 417 g/mol. The quantitative estimate of drug-likeness (QED) is 0.664. The van der Waals surface area contributed by atoms with E-state index in [1.807, 2.05) is 0 Å². The second-order valence-corrected chi connectivity index (χ2v) is 6.70. The molecule has 0 aromatic heterocycles. The fourth-order valence-corrected chi connectivity index (χ4v) is 3.07. The van der Waals surface area contributed by atoms with Gasteiger partial charge in [-0.25, -0.2) is 9.59 Å². The Labute approximate surface area is 176 Å². The Kier molecular flexibility index (Phi) is 7.01. The van der Waals surface area contributed by atoms with Crippen LogP contribution < -0.4 is 9.64 Å². The molecule has 1 heterocycles. The average Bonchev–Trinajstić information content (AvgIpc) is 2.77. The van der Waals surface area contributed by atoms with Gasteiger partial charge < -0.3 is 19.1 Å². The topological polar surface area (TPSA) is 68.3 Å². The Bertz CT molecular complexity index is 895. The van der Waals surface area contributed by atoms with Crippen molar-refractivity contribution in [3.8, 4) is 5.75 Å². The van der Waals surface area contributed by atoms with Gasteiger partial charge in [0.15, 0.2) is 0 Å². The van der Waals surface area contributed by atoms with Crippen molar-refractivity contribution in [2.75, 3.05) is 38.3 Å². The lowest BCUT2D eigenvalue weighted by Gasteiger charge is -2.33. The zero-order valence-electron chi connectivity index (χ0n) is 16.7. The summed E-state index contributed by atoms with van der Waals surface area (Å²) in [5.74, 6) is -0.856. The highest BCUT2D eigenvalue weighted by Gasteiger charge is 2.31. The van der Waals surface area contributed by atoms with Gasteiger partial charge in [-0.3, -0.25) is 4.90 Å². The number of urea groups is 1. The summed E-state index contributed by atoms with van der Waals surface area (Å²) >= 11 is 0. The molecule has 1 fully saturated rings. The number of alkyl halides is 3. The SMILES string of the molecule is COC(=O)c1ccc(CN(C(=O)N2CCOCC2)c2ccc(OC(F)(F)F)cc2)cc1.